The normalized spacial score (nSPS) is 10.5. The van der Waals surface area contributed by atoms with E-state index in [-0.39, 0.29) is 5.39 Å². The van der Waals surface area contributed by atoms with Crippen molar-refractivity contribution in [2.45, 2.75) is 0 Å². The summed E-state index contributed by atoms with van der Waals surface area (Å²) in [4.78, 5) is 9.67. The molecule has 0 saturated heterocycles. The van der Waals surface area contributed by atoms with Crippen LogP contribution in [0.4, 0.5) is 14.5 Å². The Morgan fingerprint density at radius 2 is 1.87 bits per heavy atom. The molecule has 0 heterocycles. The zero-order valence-electron chi connectivity index (χ0n) is 7.41. The van der Waals surface area contributed by atoms with Crippen LogP contribution in [0.15, 0.2) is 30.3 Å². The van der Waals surface area contributed by atoms with Gasteiger partial charge < -0.3 is 0 Å². The van der Waals surface area contributed by atoms with Crippen molar-refractivity contribution in [3.63, 3.8) is 0 Å². The molecule has 0 aliphatic heterocycles. The number of hydrogen-bond acceptors (Lipinski definition) is 2. The maximum absolute atomic E-state index is 13.2. The standard InChI is InChI=1S/C10H5F2NO2/c11-8-5-6-3-1-2-4-7(6)10(9(8)12)13(14)15/h1-5H. The number of nitrogens with zero attached hydrogens (tertiary/aromatic N) is 1. The van der Waals surface area contributed by atoms with Crippen molar-refractivity contribution < 1.29 is 13.7 Å². The minimum Gasteiger partial charge on any atom is -0.258 e. The molecule has 0 saturated carbocycles. The predicted octanol–water partition coefficient (Wildman–Crippen LogP) is 3.03. The van der Waals surface area contributed by atoms with Crippen LogP contribution in [0.1, 0.15) is 0 Å². The first-order chi connectivity index (χ1) is 7.11. The van der Waals surface area contributed by atoms with Crippen molar-refractivity contribution in [3.05, 3.63) is 52.1 Å². The summed E-state index contributed by atoms with van der Waals surface area (Å²) in [7, 11) is 0. The Morgan fingerprint density at radius 3 is 2.53 bits per heavy atom. The fraction of sp³-hybridized carbons (Fsp3) is 0. The van der Waals surface area contributed by atoms with Gasteiger partial charge in [0.25, 0.3) is 0 Å². The number of benzene rings is 2. The molecule has 0 aliphatic rings. The van der Waals surface area contributed by atoms with Gasteiger partial charge in [-0.3, -0.25) is 10.1 Å². The van der Waals surface area contributed by atoms with E-state index in [0.29, 0.717) is 5.39 Å². The molecule has 0 N–H and O–H groups in total. The predicted molar refractivity (Wildman–Crippen MR) is 50.5 cm³/mol. The highest BCUT2D eigenvalue weighted by molar-refractivity contribution is 5.91. The van der Waals surface area contributed by atoms with Crippen LogP contribution in [0.3, 0.4) is 0 Å². The summed E-state index contributed by atoms with van der Waals surface area (Å²) in [6, 6.07) is 6.95. The van der Waals surface area contributed by atoms with E-state index in [0.717, 1.165) is 6.07 Å². The van der Waals surface area contributed by atoms with E-state index in [1.807, 2.05) is 0 Å². The molecule has 15 heavy (non-hydrogen) atoms. The zero-order valence-corrected chi connectivity index (χ0v) is 7.41. The van der Waals surface area contributed by atoms with Gasteiger partial charge in [0.1, 0.15) is 0 Å². The molecule has 5 heteroatoms. The number of halogens is 2. The first-order valence-corrected chi connectivity index (χ1v) is 4.12. The van der Waals surface area contributed by atoms with Gasteiger partial charge in [0.15, 0.2) is 5.82 Å². The van der Waals surface area contributed by atoms with E-state index in [1.54, 1.807) is 6.07 Å². The van der Waals surface area contributed by atoms with Crippen LogP contribution in [-0.2, 0) is 0 Å². The van der Waals surface area contributed by atoms with Gasteiger partial charge in [-0.15, -0.1) is 0 Å². The molecule has 76 valence electrons. The topological polar surface area (TPSA) is 43.1 Å². The summed E-state index contributed by atoms with van der Waals surface area (Å²) in [6.07, 6.45) is 0. The van der Waals surface area contributed by atoms with Crippen molar-refractivity contribution in [1.29, 1.82) is 0 Å². The lowest BCUT2D eigenvalue weighted by Crippen LogP contribution is -1.97. The van der Waals surface area contributed by atoms with E-state index >= 15 is 0 Å². The van der Waals surface area contributed by atoms with Crippen LogP contribution in [0.2, 0.25) is 0 Å². The van der Waals surface area contributed by atoms with Crippen LogP contribution in [0, 0.1) is 21.7 Å². The van der Waals surface area contributed by atoms with Gasteiger partial charge in [0.05, 0.1) is 10.3 Å². The maximum atomic E-state index is 13.2. The Morgan fingerprint density at radius 1 is 1.20 bits per heavy atom. The molecule has 2 aromatic rings. The summed E-state index contributed by atoms with van der Waals surface area (Å²) in [5.41, 5.74) is -0.814. The highest BCUT2D eigenvalue weighted by Gasteiger charge is 2.22. The molecule has 0 amide bonds. The fourth-order valence-corrected chi connectivity index (χ4v) is 1.45. The average molecular weight is 209 g/mol. The lowest BCUT2D eigenvalue weighted by Gasteiger charge is -2.01. The highest BCUT2D eigenvalue weighted by Crippen LogP contribution is 2.30. The Kier molecular flexibility index (Phi) is 2.07. The van der Waals surface area contributed by atoms with Crippen LogP contribution in [0.5, 0.6) is 0 Å². The van der Waals surface area contributed by atoms with E-state index in [4.69, 9.17) is 0 Å². The molecule has 2 aromatic carbocycles. The van der Waals surface area contributed by atoms with Crippen LogP contribution < -0.4 is 0 Å². The molecular formula is C10H5F2NO2. The lowest BCUT2D eigenvalue weighted by molar-refractivity contribution is -0.385. The number of hydrogen-bond donors (Lipinski definition) is 0. The summed E-state index contributed by atoms with van der Waals surface area (Å²) in [6.45, 7) is 0. The van der Waals surface area contributed by atoms with Gasteiger partial charge in [-0.1, -0.05) is 18.2 Å². The Bertz CT molecular complexity index is 554. The zero-order chi connectivity index (χ0) is 11.0. The fourth-order valence-electron chi connectivity index (χ4n) is 1.45. The smallest absolute Gasteiger partial charge is 0.258 e. The third-order valence-electron chi connectivity index (χ3n) is 2.10. The average Bonchev–Trinajstić information content (AvgIpc) is 2.19. The molecule has 0 atom stereocenters. The van der Waals surface area contributed by atoms with Crippen LogP contribution in [0.25, 0.3) is 10.8 Å². The van der Waals surface area contributed by atoms with E-state index < -0.39 is 22.2 Å². The number of fused-ring (bicyclic) bond motifs is 1. The van der Waals surface area contributed by atoms with Gasteiger partial charge >= 0.3 is 5.69 Å². The molecule has 0 bridgehead atoms. The first kappa shape index (κ1) is 9.51. The largest absolute Gasteiger partial charge is 0.315 e. The second-order valence-electron chi connectivity index (χ2n) is 3.00. The minimum absolute atomic E-state index is 0.0985. The Labute approximate surface area is 83.1 Å². The first-order valence-electron chi connectivity index (χ1n) is 4.12. The minimum atomic E-state index is -1.42. The van der Waals surface area contributed by atoms with Crippen molar-refractivity contribution >= 4 is 16.5 Å². The highest BCUT2D eigenvalue weighted by atomic mass is 19.2. The molecular weight excluding hydrogens is 204 g/mol. The van der Waals surface area contributed by atoms with Gasteiger partial charge in [-0.2, -0.15) is 4.39 Å². The van der Waals surface area contributed by atoms with E-state index in [2.05, 4.69) is 0 Å². The second kappa shape index (κ2) is 3.27. The molecule has 2 rings (SSSR count). The molecule has 0 unspecified atom stereocenters. The van der Waals surface area contributed by atoms with Gasteiger partial charge in [-0.25, -0.2) is 4.39 Å². The molecule has 0 spiro atoms. The molecule has 0 aliphatic carbocycles. The summed E-state index contributed by atoms with van der Waals surface area (Å²) >= 11 is 0. The van der Waals surface area contributed by atoms with E-state index in [9.17, 15) is 18.9 Å². The van der Waals surface area contributed by atoms with Crippen molar-refractivity contribution in [2.75, 3.05) is 0 Å². The second-order valence-corrected chi connectivity index (χ2v) is 3.00. The summed E-state index contributed by atoms with van der Waals surface area (Å²) in [5, 5.41) is 11.0. The quantitative estimate of drug-likeness (QED) is 0.535. The number of nitro groups is 1. The number of nitro benzene ring substituents is 1. The van der Waals surface area contributed by atoms with Gasteiger partial charge in [-0.05, 0) is 17.5 Å². The monoisotopic (exact) mass is 209 g/mol. The number of rotatable bonds is 1. The van der Waals surface area contributed by atoms with Gasteiger partial charge in [0.2, 0.25) is 5.82 Å². The third-order valence-corrected chi connectivity index (χ3v) is 2.10. The van der Waals surface area contributed by atoms with Crippen molar-refractivity contribution in [1.82, 2.24) is 0 Å². The van der Waals surface area contributed by atoms with E-state index in [1.165, 1.54) is 18.2 Å². The third kappa shape index (κ3) is 1.41. The van der Waals surface area contributed by atoms with Crippen LogP contribution in [-0.4, -0.2) is 4.92 Å². The lowest BCUT2D eigenvalue weighted by atomic mass is 10.1. The Hall–Kier alpha value is -2.04. The summed E-state index contributed by atoms with van der Waals surface area (Å²) in [5.74, 6) is -2.63. The maximum Gasteiger partial charge on any atom is 0.315 e. The van der Waals surface area contributed by atoms with Crippen LogP contribution >= 0.6 is 0 Å². The molecule has 0 fully saturated rings. The molecule has 3 nitrogen and oxygen atoms in total. The van der Waals surface area contributed by atoms with Crippen molar-refractivity contribution in [3.8, 4) is 0 Å². The molecule has 0 radical (unpaired) electrons. The SMILES string of the molecule is O=[N+]([O-])c1c(F)c(F)cc2ccccc12. The van der Waals surface area contributed by atoms with Gasteiger partial charge in [0, 0.05) is 0 Å². The van der Waals surface area contributed by atoms with Crippen molar-refractivity contribution in [2.24, 2.45) is 0 Å². The Balaban J connectivity index is 2.95. The summed E-state index contributed by atoms with van der Waals surface area (Å²) < 4.78 is 26.2. The molecule has 0 aromatic heterocycles.